The minimum atomic E-state index is -1.25. The molecule has 0 N–H and O–H groups in total. The van der Waals surface area contributed by atoms with Gasteiger partial charge in [-0.2, -0.15) is 0 Å². The Labute approximate surface area is 124 Å². The van der Waals surface area contributed by atoms with Crippen LogP contribution in [-0.4, -0.2) is 31.1 Å². The first kappa shape index (κ1) is 15.5. The standard InChI is InChI=1S/C16H21NO4/c1-20-14(18)16(15(19)21-2,13-5-3-4-6-13)11-12-7-9-17-10-8-12/h7-10,13H,3-6,11H2,1-2H3. The minimum Gasteiger partial charge on any atom is -0.468 e. The average Bonchev–Trinajstić information content (AvgIpc) is 3.06. The molecule has 0 amide bonds. The molecule has 0 aliphatic heterocycles. The van der Waals surface area contributed by atoms with E-state index in [9.17, 15) is 9.59 Å². The molecular weight excluding hydrogens is 270 g/mol. The van der Waals surface area contributed by atoms with Gasteiger partial charge in [-0.15, -0.1) is 0 Å². The van der Waals surface area contributed by atoms with Crippen LogP contribution in [-0.2, 0) is 25.5 Å². The van der Waals surface area contributed by atoms with Crippen LogP contribution in [0.15, 0.2) is 24.5 Å². The van der Waals surface area contributed by atoms with Gasteiger partial charge in [-0.05, 0) is 42.9 Å². The lowest BCUT2D eigenvalue weighted by Gasteiger charge is -2.33. The second-order valence-electron chi connectivity index (χ2n) is 5.47. The number of hydrogen-bond donors (Lipinski definition) is 0. The van der Waals surface area contributed by atoms with Gasteiger partial charge in [0.25, 0.3) is 0 Å². The van der Waals surface area contributed by atoms with Gasteiger partial charge in [0.15, 0.2) is 5.41 Å². The van der Waals surface area contributed by atoms with Crippen molar-refractivity contribution in [3.8, 4) is 0 Å². The van der Waals surface area contributed by atoms with Gasteiger partial charge in [-0.3, -0.25) is 14.6 Å². The molecule has 1 aromatic rings. The van der Waals surface area contributed by atoms with E-state index in [-0.39, 0.29) is 5.92 Å². The fourth-order valence-electron chi connectivity index (χ4n) is 3.31. The fourth-order valence-corrected chi connectivity index (χ4v) is 3.31. The molecule has 1 aliphatic rings. The molecule has 0 radical (unpaired) electrons. The molecule has 1 saturated carbocycles. The normalized spacial score (nSPS) is 15.7. The molecule has 0 atom stereocenters. The number of methoxy groups -OCH3 is 2. The molecule has 0 unspecified atom stereocenters. The largest absolute Gasteiger partial charge is 0.468 e. The first-order valence-electron chi connectivity index (χ1n) is 7.21. The molecule has 5 heteroatoms. The number of pyridine rings is 1. The summed E-state index contributed by atoms with van der Waals surface area (Å²) in [4.78, 5) is 28.9. The van der Waals surface area contributed by atoms with Gasteiger partial charge in [0.2, 0.25) is 0 Å². The average molecular weight is 291 g/mol. The van der Waals surface area contributed by atoms with Crippen LogP contribution in [0.5, 0.6) is 0 Å². The van der Waals surface area contributed by atoms with E-state index in [1.807, 2.05) is 12.1 Å². The Bertz CT molecular complexity index is 478. The third-order valence-corrected chi connectivity index (χ3v) is 4.38. The molecule has 0 aromatic carbocycles. The predicted octanol–water partition coefficient (Wildman–Crippen LogP) is 2.15. The monoisotopic (exact) mass is 291 g/mol. The minimum absolute atomic E-state index is 0.0365. The van der Waals surface area contributed by atoms with Crippen molar-refractivity contribution in [2.75, 3.05) is 14.2 Å². The smallest absolute Gasteiger partial charge is 0.323 e. The zero-order valence-corrected chi connectivity index (χ0v) is 12.5. The molecule has 5 nitrogen and oxygen atoms in total. The SMILES string of the molecule is COC(=O)C(Cc1ccncc1)(C(=O)OC)C1CCCC1. The lowest BCUT2D eigenvalue weighted by molar-refractivity contribution is -0.173. The zero-order chi connectivity index (χ0) is 15.3. The maximum Gasteiger partial charge on any atom is 0.323 e. The van der Waals surface area contributed by atoms with Gasteiger partial charge in [0.05, 0.1) is 14.2 Å². The Kier molecular flexibility index (Phi) is 4.94. The van der Waals surface area contributed by atoms with E-state index in [0.29, 0.717) is 6.42 Å². The fraction of sp³-hybridized carbons (Fsp3) is 0.562. The highest BCUT2D eigenvalue weighted by molar-refractivity contribution is 6.00. The molecule has 21 heavy (non-hydrogen) atoms. The first-order valence-corrected chi connectivity index (χ1v) is 7.21. The molecule has 0 saturated heterocycles. The third kappa shape index (κ3) is 2.91. The van der Waals surface area contributed by atoms with Gasteiger partial charge in [0.1, 0.15) is 0 Å². The molecule has 0 spiro atoms. The predicted molar refractivity (Wildman–Crippen MR) is 76.4 cm³/mol. The van der Waals surface area contributed by atoms with Crippen molar-refractivity contribution < 1.29 is 19.1 Å². The van der Waals surface area contributed by atoms with E-state index >= 15 is 0 Å². The molecule has 1 fully saturated rings. The molecule has 1 heterocycles. The number of carbonyl (C=O) groups is 2. The second kappa shape index (κ2) is 6.70. The van der Waals surface area contributed by atoms with E-state index in [1.54, 1.807) is 12.4 Å². The number of ether oxygens (including phenoxy) is 2. The van der Waals surface area contributed by atoms with Crippen LogP contribution in [0.3, 0.4) is 0 Å². The topological polar surface area (TPSA) is 65.5 Å². The van der Waals surface area contributed by atoms with Crippen LogP contribution in [0, 0.1) is 11.3 Å². The Balaban J connectivity index is 2.43. The Morgan fingerprint density at radius 3 is 2.14 bits per heavy atom. The van der Waals surface area contributed by atoms with Gasteiger partial charge < -0.3 is 9.47 Å². The maximum absolute atomic E-state index is 12.5. The number of rotatable bonds is 5. The summed E-state index contributed by atoms with van der Waals surface area (Å²) in [6, 6.07) is 3.63. The summed E-state index contributed by atoms with van der Waals surface area (Å²) in [5.74, 6) is -1.04. The Morgan fingerprint density at radius 1 is 1.14 bits per heavy atom. The number of nitrogens with zero attached hydrogens (tertiary/aromatic N) is 1. The van der Waals surface area contributed by atoms with Crippen LogP contribution in [0.4, 0.5) is 0 Å². The van der Waals surface area contributed by atoms with Crippen molar-refractivity contribution in [3.05, 3.63) is 30.1 Å². The summed E-state index contributed by atoms with van der Waals surface area (Å²) in [6.45, 7) is 0. The van der Waals surface area contributed by atoms with Gasteiger partial charge in [-0.25, -0.2) is 0 Å². The molecule has 1 aromatic heterocycles. The maximum atomic E-state index is 12.5. The lowest BCUT2D eigenvalue weighted by Crippen LogP contribution is -2.48. The van der Waals surface area contributed by atoms with Crippen molar-refractivity contribution in [3.63, 3.8) is 0 Å². The van der Waals surface area contributed by atoms with Crippen molar-refractivity contribution in [2.45, 2.75) is 32.1 Å². The third-order valence-electron chi connectivity index (χ3n) is 4.38. The van der Waals surface area contributed by atoms with Gasteiger partial charge in [0, 0.05) is 12.4 Å². The highest BCUT2D eigenvalue weighted by Gasteiger charge is 2.54. The number of aromatic nitrogens is 1. The summed E-state index contributed by atoms with van der Waals surface area (Å²) >= 11 is 0. The van der Waals surface area contributed by atoms with Crippen molar-refractivity contribution in [1.82, 2.24) is 4.98 Å². The van der Waals surface area contributed by atoms with Crippen LogP contribution < -0.4 is 0 Å². The van der Waals surface area contributed by atoms with Gasteiger partial charge in [-0.1, -0.05) is 12.8 Å². The van der Waals surface area contributed by atoms with E-state index in [2.05, 4.69) is 4.98 Å². The second-order valence-corrected chi connectivity index (χ2v) is 5.47. The molecule has 1 aliphatic carbocycles. The van der Waals surface area contributed by atoms with Crippen LogP contribution in [0.1, 0.15) is 31.2 Å². The van der Waals surface area contributed by atoms with E-state index in [4.69, 9.17) is 9.47 Å². The Hall–Kier alpha value is -1.91. The Morgan fingerprint density at radius 2 is 1.67 bits per heavy atom. The summed E-state index contributed by atoms with van der Waals surface area (Å²) < 4.78 is 9.94. The number of carbonyl (C=O) groups excluding carboxylic acids is 2. The van der Waals surface area contributed by atoms with Crippen LogP contribution >= 0.6 is 0 Å². The van der Waals surface area contributed by atoms with Crippen molar-refractivity contribution in [2.24, 2.45) is 11.3 Å². The lowest BCUT2D eigenvalue weighted by atomic mass is 9.70. The summed E-state index contributed by atoms with van der Waals surface area (Å²) in [5.41, 5.74) is -0.367. The van der Waals surface area contributed by atoms with E-state index in [0.717, 1.165) is 31.2 Å². The number of esters is 2. The zero-order valence-electron chi connectivity index (χ0n) is 12.5. The summed E-state index contributed by atoms with van der Waals surface area (Å²) in [7, 11) is 2.64. The molecular formula is C16H21NO4. The first-order chi connectivity index (χ1) is 10.1. The van der Waals surface area contributed by atoms with E-state index in [1.165, 1.54) is 14.2 Å². The quantitative estimate of drug-likeness (QED) is 0.614. The van der Waals surface area contributed by atoms with Crippen molar-refractivity contribution in [1.29, 1.82) is 0 Å². The van der Waals surface area contributed by atoms with Crippen molar-refractivity contribution >= 4 is 11.9 Å². The highest BCUT2D eigenvalue weighted by Crippen LogP contribution is 2.44. The summed E-state index contributed by atoms with van der Waals surface area (Å²) in [5, 5.41) is 0. The molecule has 114 valence electrons. The number of hydrogen-bond acceptors (Lipinski definition) is 5. The van der Waals surface area contributed by atoms with Crippen LogP contribution in [0.2, 0.25) is 0 Å². The van der Waals surface area contributed by atoms with E-state index < -0.39 is 17.4 Å². The molecule has 2 rings (SSSR count). The van der Waals surface area contributed by atoms with Gasteiger partial charge >= 0.3 is 11.9 Å². The molecule has 0 bridgehead atoms. The van der Waals surface area contributed by atoms with Crippen LogP contribution in [0.25, 0.3) is 0 Å². The highest BCUT2D eigenvalue weighted by atomic mass is 16.5. The summed E-state index contributed by atoms with van der Waals surface area (Å²) in [6.07, 6.45) is 7.34.